The van der Waals surface area contributed by atoms with Gasteiger partial charge in [0.2, 0.25) is 0 Å². The average Bonchev–Trinajstić information content (AvgIpc) is 3.89. The van der Waals surface area contributed by atoms with E-state index >= 15 is 0 Å². The minimum Gasteiger partial charge on any atom is -0.492 e. The summed E-state index contributed by atoms with van der Waals surface area (Å²) in [5.41, 5.74) is 5.10. The molecule has 3 aliphatic rings. The summed E-state index contributed by atoms with van der Waals surface area (Å²) >= 11 is 3.38. The lowest BCUT2D eigenvalue weighted by Gasteiger charge is -2.49. The van der Waals surface area contributed by atoms with Crippen LogP contribution >= 0.6 is 15.9 Å². The Kier molecular flexibility index (Phi) is 9.54. The van der Waals surface area contributed by atoms with Gasteiger partial charge in [-0.2, -0.15) is 0 Å². The zero-order chi connectivity index (χ0) is 33.2. The maximum absolute atomic E-state index is 14.7. The number of rotatable bonds is 10. The first-order chi connectivity index (χ1) is 22.6. The summed E-state index contributed by atoms with van der Waals surface area (Å²) in [7, 11) is 0. The van der Waals surface area contributed by atoms with Crippen molar-refractivity contribution >= 4 is 39.6 Å². The largest absolute Gasteiger partial charge is 0.492 e. The van der Waals surface area contributed by atoms with Crippen LogP contribution in [0.25, 0.3) is 5.57 Å². The lowest BCUT2D eigenvalue weighted by molar-refractivity contribution is -0.129. The van der Waals surface area contributed by atoms with Crippen LogP contribution in [0.1, 0.15) is 47.9 Å². The van der Waals surface area contributed by atoms with Gasteiger partial charge in [0.05, 0.1) is 23.2 Å². The van der Waals surface area contributed by atoms with E-state index in [4.69, 9.17) is 4.74 Å². The molecule has 1 aliphatic carbocycles. The second kappa shape index (κ2) is 13.8. The van der Waals surface area contributed by atoms with Crippen molar-refractivity contribution in [2.45, 2.75) is 63.7 Å². The van der Waals surface area contributed by atoms with Gasteiger partial charge in [-0.3, -0.25) is 9.69 Å². The Balaban J connectivity index is 1.29. The van der Waals surface area contributed by atoms with Gasteiger partial charge in [-0.05, 0) is 94.9 Å². The third-order valence-corrected chi connectivity index (χ3v) is 9.94. The van der Waals surface area contributed by atoms with Gasteiger partial charge in [0, 0.05) is 37.3 Å². The highest BCUT2D eigenvalue weighted by Crippen LogP contribution is 2.41. The first kappa shape index (κ1) is 32.6. The number of ether oxygens (including phenoxy) is 1. The highest BCUT2D eigenvalue weighted by Gasteiger charge is 2.49. The van der Waals surface area contributed by atoms with Gasteiger partial charge >= 0.3 is 12.2 Å². The van der Waals surface area contributed by atoms with E-state index in [1.165, 1.54) is 21.9 Å². The van der Waals surface area contributed by atoms with E-state index in [0.717, 1.165) is 47.1 Å². The summed E-state index contributed by atoms with van der Waals surface area (Å²) in [5.74, 6) is -0.153. The molecule has 0 aromatic heterocycles. The smallest absolute Gasteiger partial charge is 0.408 e. The third-order valence-electron chi connectivity index (χ3n) is 9.29. The minimum absolute atomic E-state index is 0.0398. The van der Waals surface area contributed by atoms with Gasteiger partial charge in [0.25, 0.3) is 5.91 Å². The number of carbonyl (C=O) groups is 3. The third kappa shape index (κ3) is 7.15. The molecular formula is C36H37BrFN3O6. The minimum atomic E-state index is -1.16. The second-order valence-electron chi connectivity index (χ2n) is 12.5. The Morgan fingerprint density at radius 3 is 2.43 bits per heavy atom. The molecule has 6 rings (SSSR count). The second-order valence-corrected chi connectivity index (χ2v) is 13.3. The van der Waals surface area contributed by atoms with E-state index in [2.05, 4.69) is 15.9 Å². The van der Waals surface area contributed by atoms with Crippen LogP contribution in [0.3, 0.4) is 0 Å². The molecule has 0 unspecified atom stereocenters. The highest BCUT2D eigenvalue weighted by molar-refractivity contribution is 9.10. The fourth-order valence-corrected chi connectivity index (χ4v) is 7.06. The lowest BCUT2D eigenvalue weighted by atomic mass is 9.81. The topological polar surface area (TPSA) is 111 Å². The molecule has 3 amide bonds. The van der Waals surface area contributed by atoms with Crippen molar-refractivity contribution in [2.24, 2.45) is 0 Å². The quantitative estimate of drug-likeness (QED) is 0.221. The zero-order valence-electron chi connectivity index (χ0n) is 26.1. The number of carboxylic acid groups (broad SMARTS) is 2. The van der Waals surface area contributed by atoms with Crippen molar-refractivity contribution in [3.05, 3.63) is 105 Å². The molecule has 2 atom stereocenters. The van der Waals surface area contributed by atoms with Crippen LogP contribution < -0.4 is 4.74 Å². The molecule has 3 aromatic rings. The first-order valence-corrected chi connectivity index (χ1v) is 16.6. The van der Waals surface area contributed by atoms with Crippen molar-refractivity contribution < 1.29 is 33.7 Å². The fourth-order valence-electron chi connectivity index (χ4n) is 6.70. The molecule has 2 N–H and O–H groups in total. The van der Waals surface area contributed by atoms with E-state index in [1.54, 1.807) is 6.07 Å². The van der Waals surface area contributed by atoms with Crippen LogP contribution in [0, 0.1) is 12.7 Å². The van der Waals surface area contributed by atoms with Crippen molar-refractivity contribution in [1.29, 1.82) is 0 Å². The molecular weight excluding hydrogens is 669 g/mol. The fraction of sp³-hybridized carbons (Fsp3) is 0.361. The normalized spacial score (nSPS) is 19.0. The van der Waals surface area contributed by atoms with Gasteiger partial charge < -0.3 is 24.7 Å². The summed E-state index contributed by atoms with van der Waals surface area (Å²) in [6.45, 7) is 2.74. The van der Waals surface area contributed by atoms with Crippen molar-refractivity contribution in [1.82, 2.24) is 14.7 Å². The Labute approximate surface area is 281 Å². The number of hydrogen-bond acceptors (Lipinski definition) is 4. The number of hydrogen-bond donors (Lipinski definition) is 2. The predicted molar refractivity (Wildman–Crippen MR) is 178 cm³/mol. The van der Waals surface area contributed by atoms with Crippen LogP contribution in [-0.2, 0) is 17.8 Å². The molecule has 9 nitrogen and oxygen atoms in total. The Hall–Kier alpha value is -4.38. The van der Waals surface area contributed by atoms with Gasteiger partial charge in [0.15, 0.2) is 0 Å². The number of piperazine rings is 1. The number of carbonyl (C=O) groups excluding carboxylic acids is 1. The maximum Gasteiger partial charge on any atom is 0.408 e. The van der Waals surface area contributed by atoms with Gasteiger partial charge in [-0.25, -0.2) is 14.0 Å². The molecule has 1 saturated heterocycles. The van der Waals surface area contributed by atoms with E-state index in [9.17, 15) is 29.0 Å². The van der Waals surface area contributed by atoms with Crippen LogP contribution in [0.5, 0.6) is 5.75 Å². The summed E-state index contributed by atoms with van der Waals surface area (Å²) in [5, 5.41) is 20.2. The number of nitrogens with zero attached hydrogens (tertiary/aromatic N) is 3. The maximum atomic E-state index is 14.7. The number of amides is 3. The predicted octanol–water partition coefficient (Wildman–Crippen LogP) is 6.97. The first-order valence-electron chi connectivity index (χ1n) is 15.9. The van der Waals surface area contributed by atoms with E-state index in [1.807, 2.05) is 60.4 Å². The van der Waals surface area contributed by atoms with Crippen molar-refractivity contribution in [3.63, 3.8) is 0 Å². The number of benzene rings is 3. The van der Waals surface area contributed by atoms with E-state index in [0.29, 0.717) is 35.4 Å². The Bertz CT molecular complexity index is 1710. The zero-order valence-corrected chi connectivity index (χ0v) is 27.7. The SMILES string of the molecule is Cc1ccccc1CN(C(=O)C1=C(c2ccc(CCCOc3cc(F)ccc3Br)cc2)C[C@@H]2CN(C(=O)O)C[C@H]1N2C(=O)O)C1CC1. The highest BCUT2D eigenvalue weighted by atomic mass is 79.9. The molecule has 47 heavy (non-hydrogen) atoms. The van der Waals surface area contributed by atoms with E-state index in [-0.39, 0.29) is 37.3 Å². The summed E-state index contributed by atoms with van der Waals surface area (Å²) in [4.78, 5) is 43.7. The number of halogens is 2. The molecule has 0 radical (unpaired) electrons. The van der Waals surface area contributed by atoms with Crippen LogP contribution in [0.15, 0.2) is 76.8 Å². The van der Waals surface area contributed by atoms with Crippen LogP contribution in [0.2, 0.25) is 0 Å². The Morgan fingerprint density at radius 1 is 1.00 bits per heavy atom. The van der Waals surface area contributed by atoms with Crippen molar-refractivity contribution in [2.75, 3.05) is 19.7 Å². The van der Waals surface area contributed by atoms with Gasteiger partial charge in [-0.15, -0.1) is 0 Å². The molecule has 2 fully saturated rings. The molecule has 246 valence electrons. The standard InChI is InChI=1S/C36H37BrFN3O6/c1-22-5-2-3-7-25(22)19-40(27-13-14-27)34(42)33-29(18-28-20-39(35(43)44)21-31(33)41(28)36(45)46)24-10-8-23(9-11-24)6-4-16-47-32-17-26(38)12-15-30(32)37/h2-3,5,7-12,15,17,27-28,31H,4,6,13-14,16,18-21H2,1H3,(H,43,44)(H,45,46)/t28-,31-/m1/s1. The number of aryl methyl sites for hydroxylation is 2. The van der Waals surface area contributed by atoms with Gasteiger partial charge in [0.1, 0.15) is 11.6 Å². The van der Waals surface area contributed by atoms with Crippen molar-refractivity contribution in [3.8, 4) is 5.75 Å². The lowest BCUT2D eigenvalue weighted by Crippen LogP contribution is -2.65. The Morgan fingerprint density at radius 2 is 1.74 bits per heavy atom. The van der Waals surface area contributed by atoms with Crippen LogP contribution in [-0.4, -0.2) is 80.8 Å². The molecule has 2 bridgehead atoms. The molecule has 1 saturated carbocycles. The van der Waals surface area contributed by atoms with Gasteiger partial charge in [-0.1, -0.05) is 48.5 Å². The summed E-state index contributed by atoms with van der Waals surface area (Å²) < 4.78 is 20.0. The molecule has 0 spiro atoms. The summed E-state index contributed by atoms with van der Waals surface area (Å²) in [6, 6.07) is 18.7. The average molecular weight is 707 g/mol. The molecule has 2 aliphatic heterocycles. The van der Waals surface area contributed by atoms with E-state index < -0.39 is 24.3 Å². The van der Waals surface area contributed by atoms with Crippen LogP contribution in [0.4, 0.5) is 14.0 Å². The monoisotopic (exact) mass is 705 g/mol. The number of fused-ring (bicyclic) bond motifs is 2. The molecule has 2 heterocycles. The molecule has 3 aromatic carbocycles. The summed E-state index contributed by atoms with van der Waals surface area (Å²) in [6.07, 6.45) is 1.10. The molecule has 11 heteroatoms.